The van der Waals surface area contributed by atoms with Crippen LogP contribution in [0.2, 0.25) is 0 Å². The standard InChI is InChI=1S/C30H25FN2O3/c1-21(35)29(27-12-5-6-13-28(27)33(20-34)26-10-3-2-4-11-26)30(36)32-19-22-8-7-9-24(18-22)23-14-16-25(31)17-15-23/h2-18,20,35H,19H2,1H3,(H,32,36)/b29-21-. The topological polar surface area (TPSA) is 69.6 Å². The minimum Gasteiger partial charge on any atom is -0.512 e. The van der Waals surface area contributed by atoms with Crippen molar-refractivity contribution < 1.29 is 19.1 Å². The van der Waals surface area contributed by atoms with E-state index in [2.05, 4.69) is 5.32 Å². The Bertz CT molecular complexity index is 1400. The average Bonchev–Trinajstić information content (AvgIpc) is 2.90. The molecule has 0 heterocycles. The highest BCUT2D eigenvalue weighted by Crippen LogP contribution is 2.33. The Morgan fingerprint density at radius 2 is 1.58 bits per heavy atom. The number of hydrogen-bond donors (Lipinski definition) is 2. The first-order valence-electron chi connectivity index (χ1n) is 11.4. The van der Waals surface area contributed by atoms with Gasteiger partial charge in [-0.05, 0) is 60.0 Å². The van der Waals surface area contributed by atoms with Crippen LogP contribution in [0.25, 0.3) is 16.7 Å². The van der Waals surface area contributed by atoms with Gasteiger partial charge < -0.3 is 10.4 Å². The molecule has 0 radical (unpaired) electrons. The molecule has 0 fully saturated rings. The van der Waals surface area contributed by atoms with E-state index >= 15 is 0 Å². The summed E-state index contributed by atoms with van der Waals surface area (Å²) >= 11 is 0. The quantitative estimate of drug-likeness (QED) is 0.174. The van der Waals surface area contributed by atoms with Gasteiger partial charge >= 0.3 is 0 Å². The number of halogens is 1. The highest BCUT2D eigenvalue weighted by atomic mass is 19.1. The molecule has 4 rings (SSSR count). The first kappa shape index (κ1) is 24.4. The molecule has 2 amide bonds. The lowest BCUT2D eigenvalue weighted by Crippen LogP contribution is -2.26. The second kappa shape index (κ2) is 11.1. The Balaban J connectivity index is 1.59. The van der Waals surface area contributed by atoms with Gasteiger partial charge in [-0.2, -0.15) is 0 Å². The van der Waals surface area contributed by atoms with E-state index < -0.39 is 5.91 Å². The van der Waals surface area contributed by atoms with Crippen LogP contribution in [0.4, 0.5) is 15.8 Å². The van der Waals surface area contributed by atoms with Gasteiger partial charge in [0.2, 0.25) is 6.41 Å². The lowest BCUT2D eigenvalue weighted by molar-refractivity contribution is -0.116. The van der Waals surface area contributed by atoms with Gasteiger partial charge in [0.25, 0.3) is 5.91 Å². The number of aliphatic hydroxyl groups excluding tert-OH is 1. The molecule has 6 heteroatoms. The van der Waals surface area contributed by atoms with Gasteiger partial charge in [-0.1, -0.05) is 66.7 Å². The number of benzene rings is 4. The van der Waals surface area contributed by atoms with Gasteiger partial charge in [0.05, 0.1) is 11.3 Å². The Kier molecular flexibility index (Phi) is 7.56. The number of nitrogens with zero attached hydrogens (tertiary/aromatic N) is 1. The number of rotatable bonds is 8. The summed E-state index contributed by atoms with van der Waals surface area (Å²) in [6, 6.07) is 29.8. The van der Waals surface area contributed by atoms with Crippen molar-refractivity contribution in [2.75, 3.05) is 4.90 Å². The molecule has 0 saturated carbocycles. The zero-order valence-corrected chi connectivity index (χ0v) is 19.7. The number of hydrogen-bond acceptors (Lipinski definition) is 3. The van der Waals surface area contributed by atoms with E-state index in [-0.39, 0.29) is 23.7 Å². The minimum atomic E-state index is -0.478. The van der Waals surface area contributed by atoms with Gasteiger partial charge in [0.1, 0.15) is 11.6 Å². The fourth-order valence-corrected chi connectivity index (χ4v) is 4.00. The summed E-state index contributed by atoms with van der Waals surface area (Å²) in [5.41, 5.74) is 4.19. The summed E-state index contributed by atoms with van der Waals surface area (Å²) in [6.07, 6.45) is 0.678. The van der Waals surface area contributed by atoms with Crippen molar-refractivity contribution in [3.8, 4) is 11.1 Å². The maximum absolute atomic E-state index is 13.3. The zero-order chi connectivity index (χ0) is 25.5. The van der Waals surface area contributed by atoms with Crippen LogP contribution in [0.15, 0.2) is 109 Å². The van der Waals surface area contributed by atoms with E-state index in [0.29, 0.717) is 23.3 Å². The summed E-state index contributed by atoms with van der Waals surface area (Å²) in [6.45, 7) is 1.65. The summed E-state index contributed by atoms with van der Waals surface area (Å²) < 4.78 is 13.3. The molecule has 0 aliphatic rings. The van der Waals surface area contributed by atoms with Crippen LogP contribution < -0.4 is 10.2 Å². The van der Waals surface area contributed by atoms with Crippen LogP contribution in [-0.2, 0) is 16.1 Å². The number of nitrogens with one attached hydrogen (secondary N) is 1. The highest BCUT2D eigenvalue weighted by molar-refractivity contribution is 6.22. The highest BCUT2D eigenvalue weighted by Gasteiger charge is 2.22. The molecule has 0 unspecified atom stereocenters. The Hall–Kier alpha value is -4.71. The van der Waals surface area contributed by atoms with E-state index in [1.165, 1.54) is 24.0 Å². The van der Waals surface area contributed by atoms with E-state index in [1.807, 2.05) is 42.5 Å². The van der Waals surface area contributed by atoms with E-state index in [4.69, 9.17) is 0 Å². The summed E-state index contributed by atoms with van der Waals surface area (Å²) in [7, 11) is 0. The third-order valence-electron chi connectivity index (χ3n) is 5.72. The molecule has 180 valence electrons. The Morgan fingerprint density at radius 3 is 2.28 bits per heavy atom. The Labute approximate surface area is 209 Å². The van der Waals surface area contributed by atoms with Gasteiger partial charge in [-0.15, -0.1) is 0 Å². The molecule has 0 atom stereocenters. The van der Waals surface area contributed by atoms with E-state index in [0.717, 1.165) is 16.7 Å². The van der Waals surface area contributed by atoms with E-state index in [9.17, 15) is 19.1 Å². The summed E-state index contributed by atoms with van der Waals surface area (Å²) in [4.78, 5) is 26.7. The van der Waals surface area contributed by atoms with Crippen molar-refractivity contribution in [1.29, 1.82) is 0 Å². The molecule has 0 saturated heterocycles. The number of allylic oxidation sites excluding steroid dienone is 1. The van der Waals surface area contributed by atoms with Crippen LogP contribution >= 0.6 is 0 Å². The maximum atomic E-state index is 13.3. The predicted molar refractivity (Wildman–Crippen MR) is 140 cm³/mol. The third-order valence-corrected chi connectivity index (χ3v) is 5.72. The maximum Gasteiger partial charge on any atom is 0.255 e. The lowest BCUT2D eigenvalue weighted by atomic mass is 10.00. The molecular weight excluding hydrogens is 455 g/mol. The number of amides is 2. The molecular formula is C30H25FN2O3. The molecule has 4 aromatic carbocycles. The van der Waals surface area contributed by atoms with Crippen LogP contribution in [0.3, 0.4) is 0 Å². The smallest absolute Gasteiger partial charge is 0.255 e. The SMILES string of the molecule is C/C(O)=C(/C(=O)NCc1cccc(-c2ccc(F)cc2)c1)c1ccccc1N(C=O)c1ccccc1. The monoisotopic (exact) mass is 480 g/mol. The number of para-hydroxylation sites is 2. The molecule has 2 N–H and O–H groups in total. The first-order chi connectivity index (χ1) is 17.5. The van der Waals surface area contributed by atoms with Gasteiger partial charge in [0, 0.05) is 17.8 Å². The van der Waals surface area contributed by atoms with Crippen LogP contribution in [0.5, 0.6) is 0 Å². The van der Waals surface area contributed by atoms with Crippen molar-refractivity contribution >= 4 is 29.3 Å². The molecule has 0 aliphatic carbocycles. The molecule has 5 nitrogen and oxygen atoms in total. The Morgan fingerprint density at radius 1 is 0.889 bits per heavy atom. The van der Waals surface area contributed by atoms with Crippen molar-refractivity contribution in [2.45, 2.75) is 13.5 Å². The number of carbonyl (C=O) groups is 2. The second-order valence-electron chi connectivity index (χ2n) is 8.18. The molecule has 0 spiro atoms. The van der Waals surface area contributed by atoms with Crippen LogP contribution in [-0.4, -0.2) is 17.4 Å². The van der Waals surface area contributed by atoms with Crippen molar-refractivity contribution in [1.82, 2.24) is 5.32 Å². The minimum absolute atomic E-state index is 0.0723. The van der Waals surface area contributed by atoms with Crippen molar-refractivity contribution in [3.05, 3.63) is 126 Å². The summed E-state index contributed by atoms with van der Waals surface area (Å²) in [5.74, 6) is -0.950. The predicted octanol–water partition coefficient (Wildman–Crippen LogP) is 6.39. The fourth-order valence-electron chi connectivity index (χ4n) is 4.00. The number of anilines is 2. The van der Waals surface area contributed by atoms with Gasteiger partial charge in [-0.3, -0.25) is 14.5 Å². The number of carbonyl (C=O) groups excluding carboxylic acids is 2. The lowest BCUT2D eigenvalue weighted by Gasteiger charge is -2.22. The van der Waals surface area contributed by atoms with Crippen molar-refractivity contribution in [2.24, 2.45) is 0 Å². The third kappa shape index (κ3) is 5.50. The molecule has 0 aromatic heterocycles. The molecule has 0 aliphatic heterocycles. The second-order valence-corrected chi connectivity index (χ2v) is 8.18. The zero-order valence-electron chi connectivity index (χ0n) is 19.7. The van der Waals surface area contributed by atoms with Crippen molar-refractivity contribution in [3.63, 3.8) is 0 Å². The largest absolute Gasteiger partial charge is 0.512 e. The fraction of sp³-hybridized carbons (Fsp3) is 0.0667. The van der Waals surface area contributed by atoms with Crippen LogP contribution in [0.1, 0.15) is 18.1 Å². The van der Waals surface area contributed by atoms with Crippen LogP contribution in [0, 0.1) is 5.82 Å². The number of aliphatic hydroxyl groups is 1. The molecule has 4 aromatic rings. The molecule has 0 bridgehead atoms. The van der Waals surface area contributed by atoms with E-state index in [1.54, 1.807) is 48.5 Å². The first-order valence-corrected chi connectivity index (χ1v) is 11.4. The van der Waals surface area contributed by atoms with Gasteiger partial charge in [-0.25, -0.2) is 4.39 Å². The molecule has 36 heavy (non-hydrogen) atoms. The average molecular weight is 481 g/mol. The normalized spacial score (nSPS) is 11.4. The summed E-state index contributed by atoms with van der Waals surface area (Å²) in [5, 5.41) is 13.3. The van der Waals surface area contributed by atoms with Gasteiger partial charge in [0.15, 0.2) is 0 Å².